The summed E-state index contributed by atoms with van der Waals surface area (Å²) in [7, 11) is 0. The minimum Gasteiger partial charge on any atom is -0.494 e. The van der Waals surface area contributed by atoms with Crippen LogP contribution in [0.15, 0.2) is 48.5 Å². The summed E-state index contributed by atoms with van der Waals surface area (Å²) < 4.78 is 5.49. The van der Waals surface area contributed by atoms with E-state index in [1.54, 1.807) is 18.2 Å². The molecule has 3 rings (SSSR count). The fourth-order valence-electron chi connectivity index (χ4n) is 2.34. The van der Waals surface area contributed by atoms with E-state index in [1.807, 2.05) is 37.3 Å². The van der Waals surface area contributed by atoms with Gasteiger partial charge >= 0.3 is 5.97 Å². The predicted molar refractivity (Wildman–Crippen MR) is 81.9 cm³/mol. The van der Waals surface area contributed by atoms with E-state index in [4.69, 9.17) is 9.84 Å². The van der Waals surface area contributed by atoms with Crippen LogP contribution in [0.5, 0.6) is 5.75 Å². The van der Waals surface area contributed by atoms with Crippen molar-refractivity contribution in [2.45, 2.75) is 6.92 Å². The molecule has 0 saturated heterocycles. The largest absolute Gasteiger partial charge is 0.494 e. The van der Waals surface area contributed by atoms with Crippen LogP contribution < -0.4 is 4.74 Å². The van der Waals surface area contributed by atoms with Crippen molar-refractivity contribution < 1.29 is 14.6 Å². The molecule has 21 heavy (non-hydrogen) atoms. The molecule has 1 heterocycles. The lowest BCUT2D eigenvalue weighted by Crippen LogP contribution is -1.95. The maximum Gasteiger partial charge on any atom is 0.335 e. The quantitative estimate of drug-likeness (QED) is 0.761. The van der Waals surface area contributed by atoms with Gasteiger partial charge in [0.2, 0.25) is 0 Å². The minimum absolute atomic E-state index is 0.279. The van der Waals surface area contributed by atoms with Gasteiger partial charge in [-0.3, -0.25) is 0 Å². The van der Waals surface area contributed by atoms with Crippen molar-refractivity contribution in [2.24, 2.45) is 0 Å². The van der Waals surface area contributed by atoms with E-state index in [2.05, 4.69) is 4.98 Å². The second-order valence-electron chi connectivity index (χ2n) is 4.75. The Bertz CT molecular complexity index is 805. The molecule has 2 aromatic carbocycles. The highest BCUT2D eigenvalue weighted by Crippen LogP contribution is 2.27. The minimum atomic E-state index is -0.924. The van der Waals surface area contributed by atoms with Crippen molar-refractivity contribution in [3.63, 3.8) is 0 Å². The Kier molecular flexibility index (Phi) is 3.36. The first-order valence-electron chi connectivity index (χ1n) is 6.76. The average Bonchev–Trinajstić information content (AvgIpc) is 2.91. The van der Waals surface area contributed by atoms with E-state index < -0.39 is 5.97 Å². The number of hydrogen-bond donors (Lipinski definition) is 2. The zero-order valence-corrected chi connectivity index (χ0v) is 11.6. The van der Waals surface area contributed by atoms with Crippen molar-refractivity contribution in [2.75, 3.05) is 6.61 Å². The van der Waals surface area contributed by atoms with Crippen molar-refractivity contribution >= 4 is 16.9 Å². The van der Waals surface area contributed by atoms with E-state index >= 15 is 0 Å². The van der Waals surface area contributed by atoms with Crippen molar-refractivity contribution in [1.29, 1.82) is 0 Å². The third-order valence-corrected chi connectivity index (χ3v) is 3.32. The third-order valence-electron chi connectivity index (χ3n) is 3.32. The second kappa shape index (κ2) is 5.32. The molecule has 0 spiro atoms. The lowest BCUT2D eigenvalue weighted by Gasteiger charge is -2.01. The van der Waals surface area contributed by atoms with Gasteiger partial charge in [-0.05, 0) is 48.9 Å². The fraction of sp³-hybridized carbons (Fsp3) is 0.118. The maximum atomic E-state index is 11.0. The maximum absolute atomic E-state index is 11.0. The first-order valence-corrected chi connectivity index (χ1v) is 6.76. The zero-order valence-electron chi connectivity index (χ0n) is 11.6. The van der Waals surface area contributed by atoms with E-state index in [0.717, 1.165) is 27.9 Å². The molecule has 0 radical (unpaired) electrons. The van der Waals surface area contributed by atoms with Crippen LogP contribution >= 0.6 is 0 Å². The number of rotatable bonds is 4. The lowest BCUT2D eigenvalue weighted by molar-refractivity contribution is 0.0697. The molecule has 4 nitrogen and oxygen atoms in total. The molecule has 0 aliphatic carbocycles. The predicted octanol–water partition coefficient (Wildman–Crippen LogP) is 3.93. The van der Waals surface area contributed by atoms with Gasteiger partial charge in [-0.1, -0.05) is 12.1 Å². The number of nitrogens with one attached hydrogen (secondary N) is 1. The number of hydrogen-bond acceptors (Lipinski definition) is 2. The van der Waals surface area contributed by atoms with Crippen LogP contribution in [0.2, 0.25) is 0 Å². The van der Waals surface area contributed by atoms with Gasteiger partial charge in [0.25, 0.3) is 0 Å². The van der Waals surface area contributed by atoms with E-state index in [1.165, 1.54) is 0 Å². The molecule has 1 aromatic heterocycles. The molecule has 3 aromatic rings. The molecule has 2 N–H and O–H groups in total. The topological polar surface area (TPSA) is 62.3 Å². The highest BCUT2D eigenvalue weighted by Gasteiger charge is 2.08. The molecule has 0 bridgehead atoms. The number of aromatic amines is 1. The smallest absolute Gasteiger partial charge is 0.335 e. The summed E-state index contributed by atoms with van der Waals surface area (Å²) in [6.07, 6.45) is 0. The van der Waals surface area contributed by atoms with Crippen LogP contribution in [0.3, 0.4) is 0 Å². The fourth-order valence-corrected chi connectivity index (χ4v) is 2.34. The van der Waals surface area contributed by atoms with Crippen LogP contribution in [0.25, 0.3) is 22.2 Å². The number of fused-ring (bicyclic) bond motifs is 1. The Morgan fingerprint density at radius 1 is 1.19 bits per heavy atom. The molecule has 0 aliphatic rings. The SMILES string of the molecule is CCOc1ccc2[nH]c(-c3cccc(C(=O)O)c3)cc2c1. The lowest BCUT2D eigenvalue weighted by atomic mass is 10.1. The highest BCUT2D eigenvalue weighted by atomic mass is 16.5. The molecule has 0 fully saturated rings. The number of carboxylic acid groups (broad SMARTS) is 1. The monoisotopic (exact) mass is 281 g/mol. The van der Waals surface area contributed by atoms with E-state index in [-0.39, 0.29) is 5.56 Å². The molecular formula is C17H15NO3. The summed E-state index contributed by atoms with van der Waals surface area (Å²) in [5.74, 6) is -0.0959. The molecule has 0 amide bonds. The molecule has 106 valence electrons. The summed E-state index contributed by atoms with van der Waals surface area (Å²) in [4.78, 5) is 14.3. The number of H-pyrrole nitrogens is 1. The van der Waals surface area contributed by atoms with Gasteiger partial charge in [0, 0.05) is 16.6 Å². The van der Waals surface area contributed by atoms with Crippen LogP contribution in [-0.2, 0) is 0 Å². The summed E-state index contributed by atoms with van der Waals surface area (Å²) in [5, 5.41) is 10.1. The van der Waals surface area contributed by atoms with E-state index in [9.17, 15) is 4.79 Å². The Morgan fingerprint density at radius 3 is 2.81 bits per heavy atom. The third kappa shape index (κ3) is 2.60. The first-order chi connectivity index (χ1) is 10.2. The molecule has 0 aliphatic heterocycles. The van der Waals surface area contributed by atoms with Crippen LogP contribution in [0.4, 0.5) is 0 Å². The number of carboxylic acids is 1. The normalized spacial score (nSPS) is 10.7. The van der Waals surface area contributed by atoms with Crippen LogP contribution in [0.1, 0.15) is 17.3 Å². The Hall–Kier alpha value is -2.75. The number of aromatic carboxylic acids is 1. The highest BCUT2D eigenvalue weighted by molar-refractivity contribution is 5.91. The summed E-state index contributed by atoms with van der Waals surface area (Å²) in [6, 6.07) is 14.7. The summed E-state index contributed by atoms with van der Waals surface area (Å²) in [5.41, 5.74) is 3.01. The Morgan fingerprint density at radius 2 is 2.05 bits per heavy atom. The van der Waals surface area contributed by atoms with Crippen LogP contribution in [0, 0.1) is 0 Å². The molecular weight excluding hydrogens is 266 g/mol. The number of carbonyl (C=O) groups is 1. The van der Waals surface area contributed by atoms with Crippen LogP contribution in [-0.4, -0.2) is 22.7 Å². The van der Waals surface area contributed by atoms with Gasteiger partial charge in [-0.15, -0.1) is 0 Å². The number of benzene rings is 2. The van der Waals surface area contributed by atoms with Gasteiger partial charge in [-0.2, -0.15) is 0 Å². The molecule has 0 unspecified atom stereocenters. The summed E-state index contributed by atoms with van der Waals surface area (Å²) >= 11 is 0. The van der Waals surface area contributed by atoms with Crippen molar-refractivity contribution in [3.05, 3.63) is 54.1 Å². The Balaban J connectivity index is 2.04. The summed E-state index contributed by atoms with van der Waals surface area (Å²) in [6.45, 7) is 2.58. The standard InChI is InChI=1S/C17H15NO3/c1-2-21-14-6-7-15-13(9-14)10-16(18-15)11-4-3-5-12(8-11)17(19)20/h3-10,18H,2H2,1H3,(H,19,20). The first kappa shape index (κ1) is 13.2. The Labute approximate surface area is 122 Å². The molecule has 4 heteroatoms. The second-order valence-corrected chi connectivity index (χ2v) is 4.75. The van der Waals surface area contributed by atoms with Gasteiger partial charge in [0.05, 0.1) is 12.2 Å². The number of aromatic nitrogens is 1. The number of ether oxygens (including phenoxy) is 1. The average molecular weight is 281 g/mol. The van der Waals surface area contributed by atoms with Gasteiger partial charge in [0.1, 0.15) is 5.75 Å². The van der Waals surface area contributed by atoms with E-state index in [0.29, 0.717) is 6.61 Å². The van der Waals surface area contributed by atoms with Gasteiger partial charge in [-0.25, -0.2) is 4.79 Å². The zero-order chi connectivity index (χ0) is 14.8. The van der Waals surface area contributed by atoms with Gasteiger partial charge in [0.15, 0.2) is 0 Å². The van der Waals surface area contributed by atoms with Gasteiger partial charge < -0.3 is 14.8 Å². The molecule has 0 saturated carbocycles. The molecule has 0 atom stereocenters. The van der Waals surface area contributed by atoms with Crippen molar-refractivity contribution in [1.82, 2.24) is 4.98 Å². The van der Waals surface area contributed by atoms with Crippen molar-refractivity contribution in [3.8, 4) is 17.0 Å².